The zero-order chi connectivity index (χ0) is 20.4. The van der Waals surface area contributed by atoms with Gasteiger partial charge < -0.3 is 10.1 Å². The first-order chi connectivity index (χ1) is 14.0. The molecule has 1 amide bonds. The van der Waals surface area contributed by atoms with Crippen molar-refractivity contribution in [1.29, 1.82) is 0 Å². The molecule has 158 valence electrons. The van der Waals surface area contributed by atoms with Crippen LogP contribution in [0.15, 0.2) is 24.3 Å². The molecule has 2 bridgehead atoms. The smallest absolute Gasteiger partial charge is 0.309 e. The SMILES string of the molecule is C[C@@H](NC(=O)COC(=O)C1C[C@H]2CCC[C@@H](C1)C21SCCS1)c1cccc(Cl)c1. The molecule has 1 aromatic carbocycles. The van der Waals surface area contributed by atoms with Crippen LogP contribution in [-0.4, -0.2) is 34.1 Å². The number of hydrogen-bond donors (Lipinski definition) is 1. The average molecular weight is 454 g/mol. The fraction of sp³-hybridized carbons (Fsp3) is 0.636. The number of ether oxygens (including phenoxy) is 1. The van der Waals surface area contributed by atoms with Crippen molar-refractivity contribution >= 4 is 47.0 Å². The molecule has 2 saturated carbocycles. The maximum Gasteiger partial charge on any atom is 0.309 e. The van der Waals surface area contributed by atoms with E-state index < -0.39 is 0 Å². The van der Waals surface area contributed by atoms with Crippen LogP contribution in [0.4, 0.5) is 0 Å². The number of amides is 1. The number of esters is 1. The van der Waals surface area contributed by atoms with Crippen LogP contribution in [0.1, 0.15) is 50.6 Å². The van der Waals surface area contributed by atoms with Gasteiger partial charge in [0.1, 0.15) is 0 Å². The number of carbonyl (C=O) groups excluding carboxylic acids is 2. The number of rotatable bonds is 5. The van der Waals surface area contributed by atoms with Gasteiger partial charge in [-0.05, 0) is 62.1 Å². The van der Waals surface area contributed by atoms with Crippen molar-refractivity contribution in [2.24, 2.45) is 17.8 Å². The van der Waals surface area contributed by atoms with Crippen molar-refractivity contribution in [3.8, 4) is 0 Å². The van der Waals surface area contributed by atoms with Gasteiger partial charge in [-0.15, -0.1) is 23.5 Å². The Hall–Kier alpha value is -0.850. The molecule has 1 saturated heterocycles. The molecule has 1 N–H and O–H groups in total. The van der Waals surface area contributed by atoms with Crippen LogP contribution < -0.4 is 5.32 Å². The third-order valence-corrected chi connectivity index (χ3v) is 10.8. The molecule has 29 heavy (non-hydrogen) atoms. The Kier molecular flexibility index (Phi) is 6.72. The maximum absolute atomic E-state index is 12.7. The Morgan fingerprint density at radius 2 is 1.93 bits per heavy atom. The first-order valence-corrected chi connectivity index (χ1v) is 12.8. The van der Waals surface area contributed by atoms with Crippen LogP contribution in [0.25, 0.3) is 0 Å². The molecule has 1 spiro atoms. The standard InChI is InChI=1S/C22H28ClNO3S2/c1-14(15-4-2-7-19(23)12-15)24-20(25)13-27-21(26)16-10-17-5-3-6-18(11-16)22(17)28-8-9-29-22/h2,4,7,12,14,16-18H,3,5-6,8-11,13H2,1H3,(H,24,25)/t14-,16?,17-,18+/m1/s1. The largest absolute Gasteiger partial charge is 0.455 e. The van der Waals surface area contributed by atoms with E-state index in [0.717, 1.165) is 18.4 Å². The van der Waals surface area contributed by atoms with E-state index in [1.54, 1.807) is 6.07 Å². The van der Waals surface area contributed by atoms with E-state index in [0.29, 0.717) is 20.9 Å². The molecule has 0 aromatic heterocycles. The van der Waals surface area contributed by atoms with Crippen molar-refractivity contribution in [1.82, 2.24) is 5.32 Å². The lowest BCUT2D eigenvalue weighted by atomic mass is 9.67. The first-order valence-electron chi connectivity index (χ1n) is 10.5. The molecule has 1 heterocycles. The van der Waals surface area contributed by atoms with Crippen LogP contribution in [0, 0.1) is 17.8 Å². The molecule has 4 nitrogen and oxygen atoms in total. The molecule has 4 atom stereocenters. The quantitative estimate of drug-likeness (QED) is 0.631. The van der Waals surface area contributed by atoms with Gasteiger partial charge in [-0.2, -0.15) is 0 Å². The molecule has 4 rings (SSSR count). The number of halogens is 1. The third kappa shape index (κ3) is 4.59. The van der Waals surface area contributed by atoms with Gasteiger partial charge in [-0.1, -0.05) is 30.2 Å². The predicted molar refractivity (Wildman–Crippen MR) is 120 cm³/mol. The minimum Gasteiger partial charge on any atom is -0.455 e. The van der Waals surface area contributed by atoms with Crippen molar-refractivity contribution in [2.75, 3.05) is 18.1 Å². The van der Waals surface area contributed by atoms with E-state index in [9.17, 15) is 9.59 Å². The zero-order valence-corrected chi connectivity index (χ0v) is 19.1. The number of benzene rings is 1. The molecular formula is C22H28ClNO3S2. The topological polar surface area (TPSA) is 55.4 Å². The lowest BCUT2D eigenvalue weighted by Gasteiger charge is -2.51. The fourth-order valence-electron chi connectivity index (χ4n) is 5.20. The van der Waals surface area contributed by atoms with E-state index in [-0.39, 0.29) is 30.4 Å². The summed E-state index contributed by atoms with van der Waals surface area (Å²) in [5, 5.41) is 3.51. The van der Waals surface area contributed by atoms with Crippen LogP contribution in [-0.2, 0) is 14.3 Å². The van der Waals surface area contributed by atoms with E-state index >= 15 is 0 Å². The van der Waals surface area contributed by atoms with Gasteiger partial charge >= 0.3 is 5.97 Å². The lowest BCUT2D eigenvalue weighted by Crippen LogP contribution is -2.48. The highest BCUT2D eigenvalue weighted by atomic mass is 35.5. The molecule has 3 fully saturated rings. The average Bonchev–Trinajstić information content (AvgIpc) is 3.15. The van der Waals surface area contributed by atoms with Gasteiger partial charge in [0.25, 0.3) is 5.91 Å². The summed E-state index contributed by atoms with van der Waals surface area (Å²) < 4.78 is 5.78. The molecule has 2 aliphatic carbocycles. The van der Waals surface area contributed by atoms with Crippen LogP contribution in [0.2, 0.25) is 5.02 Å². The molecule has 3 aliphatic rings. The van der Waals surface area contributed by atoms with Crippen LogP contribution in [0.3, 0.4) is 0 Å². The van der Waals surface area contributed by atoms with Crippen molar-refractivity contribution < 1.29 is 14.3 Å². The number of nitrogens with one attached hydrogen (secondary N) is 1. The minimum absolute atomic E-state index is 0.0594. The number of thioether (sulfide) groups is 2. The van der Waals surface area contributed by atoms with E-state index in [4.69, 9.17) is 16.3 Å². The summed E-state index contributed by atoms with van der Waals surface area (Å²) in [7, 11) is 0. The van der Waals surface area contributed by atoms with Gasteiger partial charge in [-0.3, -0.25) is 9.59 Å². The highest BCUT2D eigenvalue weighted by molar-refractivity contribution is 8.21. The molecular weight excluding hydrogens is 426 g/mol. The predicted octanol–water partition coefficient (Wildman–Crippen LogP) is 5.06. The summed E-state index contributed by atoms with van der Waals surface area (Å²) in [4.78, 5) is 25.0. The monoisotopic (exact) mass is 453 g/mol. The maximum atomic E-state index is 12.7. The number of hydrogen-bond acceptors (Lipinski definition) is 5. The summed E-state index contributed by atoms with van der Waals surface area (Å²) in [6.07, 6.45) is 5.55. The normalized spacial score (nSPS) is 28.7. The van der Waals surface area contributed by atoms with Gasteiger partial charge in [-0.25, -0.2) is 0 Å². The Bertz CT molecular complexity index is 752. The van der Waals surface area contributed by atoms with Crippen molar-refractivity contribution in [3.63, 3.8) is 0 Å². The highest BCUT2D eigenvalue weighted by Gasteiger charge is 2.55. The van der Waals surface area contributed by atoms with Gasteiger partial charge in [0.2, 0.25) is 0 Å². The molecule has 0 radical (unpaired) electrons. The Labute approximate surface area is 186 Å². The zero-order valence-electron chi connectivity index (χ0n) is 16.7. The van der Waals surface area contributed by atoms with Gasteiger partial charge in [0.15, 0.2) is 6.61 Å². The Morgan fingerprint density at radius 3 is 2.59 bits per heavy atom. The van der Waals surface area contributed by atoms with E-state index in [1.807, 2.05) is 25.1 Å². The molecule has 1 aliphatic heterocycles. The summed E-state index contributed by atoms with van der Waals surface area (Å²) in [5.74, 6) is 3.13. The second kappa shape index (κ2) is 9.11. The number of carbonyl (C=O) groups is 2. The second-order valence-corrected chi connectivity index (χ2v) is 11.8. The minimum atomic E-state index is -0.278. The van der Waals surface area contributed by atoms with Gasteiger partial charge in [0.05, 0.1) is 16.0 Å². The molecule has 1 unspecified atom stereocenters. The Balaban J connectivity index is 1.28. The molecule has 1 aromatic rings. The van der Waals surface area contributed by atoms with Crippen LogP contribution in [0.5, 0.6) is 0 Å². The summed E-state index contributed by atoms with van der Waals surface area (Å²) >= 11 is 10.3. The van der Waals surface area contributed by atoms with Gasteiger partial charge in [0, 0.05) is 16.5 Å². The van der Waals surface area contributed by atoms with Crippen LogP contribution >= 0.6 is 35.1 Å². The first kappa shape index (κ1) is 21.4. The lowest BCUT2D eigenvalue weighted by molar-refractivity contribution is -0.155. The van der Waals surface area contributed by atoms with E-state index in [2.05, 4.69) is 28.8 Å². The highest BCUT2D eigenvalue weighted by Crippen LogP contribution is 2.64. The van der Waals surface area contributed by atoms with Crippen molar-refractivity contribution in [3.05, 3.63) is 34.9 Å². The summed E-state index contributed by atoms with van der Waals surface area (Å²) in [6.45, 7) is 1.67. The summed E-state index contributed by atoms with van der Waals surface area (Å²) in [6, 6.07) is 7.21. The van der Waals surface area contributed by atoms with Crippen molar-refractivity contribution in [2.45, 2.75) is 49.1 Å². The summed E-state index contributed by atoms with van der Waals surface area (Å²) in [5.41, 5.74) is 0.925. The molecule has 7 heteroatoms. The third-order valence-electron chi connectivity index (χ3n) is 6.52. The Morgan fingerprint density at radius 1 is 1.24 bits per heavy atom. The van der Waals surface area contributed by atoms with E-state index in [1.165, 1.54) is 30.8 Å². The fourth-order valence-corrected chi connectivity index (χ4v) is 9.33. The second-order valence-electron chi connectivity index (χ2n) is 8.36.